The van der Waals surface area contributed by atoms with Crippen LogP contribution in [0.1, 0.15) is 10.4 Å². The summed E-state index contributed by atoms with van der Waals surface area (Å²) >= 11 is 0. The van der Waals surface area contributed by atoms with Gasteiger partial charge in [-0.3, -0.25) is 14.6 Å². The average Bonchev–Trinajstić information content (AvgIpc) is 2.58. The lowest BCUT2D eigenvalue weighted by Gasteiger charge is -2.27. The molecule has 2 aromatic rings. The molecule has 7 heteroatoms. The van der Waals surface area contributed by atoms with E-state index in [4.69, 9.17) is 0 Å². The smallest absolute Gasteiger partial charge is 0.279 e. The van der Waals surface area contributed by atoms with Crippen LogP contribution in [0.4, 0.5) is 0 Å². The second-order valence-electron chi connectivity index (χ2n) is 5.13. The number of carbonyl (C=O) groups excluding carboxylic acids is 1. The summed E-state index contributed by atoms with van der Waals surface area (Å²) in [5.41, 5.74) is 0.900. The SMILES string of the molecule is Cn1nc(-c2ccccn2)cc(C(=O)N2CCNCC2)c1=O. The summed E-state index contributed by atoms with van der Waals surface area (Å²) in [6.45, 7) is 2.68. The van der Waals surface area contributed by atoms with Gasteiger partial charge in [-0.15, -0.1) is 0 Å². The summed E-state index contributed by atoms with van der Waals surface area (Å²) in [5.74, 6) is -0.248. The van der Waals surface area contributed by atoms with E-state index in [9.17, 15) is 9.59 Å². The van der Waals surface area contributed by atoms with Crippen molar-refractivity contribution in [2.45, 2.75) is 0 Å². The fourth-order valence-corrected chi connectivity index (χ4v) is 2.44. The maximum atomic E-state index is 12.6. The predicted molar refractivity (Wildman–Crippen MR) is 81.5 cm³/mol. The Hall–Kier alpha value is -2.54. The second-order valence-corrected chi connectivity index (χ2v) is 5.13. The van der Waals surface area contributed by atoms with Crippen molar-refractivity contribution in [3.05, 3.63) is 46.4 Å². The first kappa shape index (κ1) is 14.4. The van der Waals surface area contributed by atoms with Crippen LogP contribution < -0.4 is 10.9 Å². The number of pyridine rings is 1. The highest BCUT2D eigenvalue weighted by molar-refractivity contribution is 5.94. The Morgan fingerprint density at radius 3 is 2.68 bits per heavy atom. The zero-order valence-corrected chi connectivity index (χ0v) is 12.3. The number of nitrogens with one attached hydrogen (secondary N) is 1. The molecular formula is C15H17N5O2. The van der Waals surface area contributed by atoms with Crippen molar-refractivity contribution in [2.75, 3.05) is 26.2 Å². The lowest BCUT2D eigenvalue weighted by atomic mass is 10.1. The Balaban J connectivity index is 2.02. The molecule has 1 amide bonds. The van der Waals surface area contributed by atoms with E-state index in [1.165, 1.54) is 10.7 Å². The number of rotatable bonds is 2. The van der Waals surface area contributed by atoms with Crippen molar-refractivity contribution in [3.63, 3.8) is 0 Å². The quantitative estimate of drug-likeness (QED) is 0.837. The van der Waals surface area contributed by atoms with Gasteiger partial charge in [-0.25, -0.2) is 4.68 Å². The highest BCUT2D eigenvalue weighted by Gasteiger charge is 2.22. The zero-order chi connectivity index (χ0) is 15.5. The largest absolute Gasteiger partial charge is 0.336 e. The molecule has 22 heavy (non-hydrogen) atoms. The molecule has 0 bridgehead atoms. The number of hydrogen-bond donors (Lipinski definition) is 1. The number of hydrogen-bond acceptors (Lipinski definition) is 5. The molecule has 2 aromatic heterocycles. The molecule has 0 spiro atoms. The van der Waals surface area contributed by atoms with E-state index >= 15 is 0 Å². The number of aryl methyl sites for hydroxylation is 1. The van der Waals surface area contributed by atoms with Gasteiger partial charge in [0.15, 0.2) is 0 Å². The van der Waals surface area contributed by atoms with Crippen molar-refractivity contribution >= 4 is 5.91 Å². The van der Waals surface area contributed by atoms with Gasteiger partial charge in [0.2, 0.25) is 0 Å². The fourth-order valence-electron chi connectivity index (χ4n) is 2.44. The third-order valence-corrected chi connectivity index (χ3v) is 3.63. The van der Waals surface area contributed by atoms with Crippen molar-refractivity contribution in [1.29, 1.82) is 0 Å². The molecule has 3 heterocycles. The number of piperazine rings is 1. The number of nitrogens with zero attached hydrogens (tertiary/aromatic N) is 4. The summed E-state index contributed by atoms with van der Waals surface area (Å²) in [6.07, 6.45) is 1.65. The molecule has 3 rings (SSSR count). The van der Waals surface area contributed by atoms with Gasteiger partial charge < -0.3 is 10.2 Å². The van der Waals surface area contributed by atoms with E-state index in [1.807, 2.05) is 6.07 Å². The third-order valence-electron chi connectivity index (χ3n) is 3.63. The van der Waals surface area contributed by atoms with Gasteiger partial charge in [0, 0.05) is 39.4 Å². The molecule has 0 saturated carbocycles. The standard InChI is InChI=1S/C15H17N5O2/c1-19-14(21)11(15(22)20-8-6-16-7-9-20)10-13(18-19)12-4-2-3-5-17-12/h2-5,10,16H,6-9H2,1H3. The van der Waals surface area contributed by atoms with Gasteiger partial charge in [-0.2, -0.15) is 5.10 Å². The molecule has 1 N–H and O–H groups in total. The summed E-state index contributed by atoms with van der Waals surface area (Å²) in [5, 5.41) is 7.37. The molecule has 0 atom stereocenters. The van der Waals surface area contributed by atoms with Crippen LogP contribution in [-0.2, 0) is 7.05 Å². The monoisotopic (exact) mass is 299 g/mol. The lowest BCUT2D eigenvalue weighted by molar-refractivity contribution is 0.0733. The molecule has 0 aliphatic carbocycles. The van der Waals surface area contributed by atoms with Crippen LogP contribution in [0.2, 0.25) is 0 Å². The van der Waals surface area contributed by atoms with Crippen molar-refractivity contribution < 1.29 is 4.79 Å². The van der Waals surface area contributed by atoms with Gasteiger partial charge in [0.25, 0.3) is 11.5 Å². The van der Waals surface area contributed by atoms with Crippen LogP contribution in [0.5, 0.6) is 0 Å². The van der Waals surface area contributed by atoms with Gasteiger partial charge >= 0.3 is 0 Å². The summed E-state index contributed by atoms with van der Waals surface area (Å²) < 4.78 is 1.19. The molecule has 1 aliphatic heterocycles. The lowest BCUT2D eigenvalue weighted by Crippen LogP contribution is -2.48. The Bertz CT molecular complexity index is 735. The van der Waals surface area contributed by atoms with Crippen LogP contribution in [0.15, 0.2) is 35.3 Å². The summed E-state index contributed by atoms with van der Waals surface area (Å²) in [6, 6.07) is 6.98. The summed E-state index contributed by atoms with van der Waals surface area (Å²) in [4.78, 5) is 30.8. The molecule has 1 saturated heterocycles. The second kappa shape index (κ2) is 6.07. The van der Waals surface area contributed by atoms with E-state index in [1.54, 1.807) is 30.3 Å². The predicted octanol–water partition coefficient (Wildman–Crippen LogP) is -0.112. The zero-order valence-electron chi connectivity index (χ0n) is 12.3. The van der Waals surface area contributed by atoms with Gasteiger partial charge in [0.05, 0.1) is 5.69 Å². The summed E-state index contributed by atoms with van der Waals surface area (Å²) in [7, 11) is 1.54. The number of carbonyl (C=O) groups is 1. The van der Waals surface area contributed by atoms with Crippen LogP contribution >= 0.6 is 0 Å². The minimum Gasteiger partial charge on any atom is -0.336 e. The normalized spacial score (nSPS) is 14.9. The number of aromatic nitrogens is 3. The molecule has 0 aromatic carbocycles. The topological polar surface area (TPSA) is 80.1 Å². The molecular weight excluding hydrogens is 282 g/mol. The molecule has 114 valence electrons. The highest BCUT2D eigenvalue weighted by Crippen LogP contribution is 2.14. The Morgan fingerprint density at radius 1 is 1.23 bits per heavy atom. The maximum Gasteiger partial charge on any atom is 0.279 e. The van der Waals surface area contributed by atoms with Crippen LogP contribution in [-0.4, -0.2) is 51.8 Å². The fraction of sp³-hybridized carbons (Fsp3) is 0.333. The minimum atomic E-state index is -0.386. The van der Waals surface area contributed by atoms with Crippen molar-refractivity contribution in [1.82, 2.24) is 25.0 Å². The van der Waals surface area contributed by atoms with Crippen LogP contribution in [0, 0.1) is 0 Å². The average molecular weight is 299 g/mol. The Labute approximate surface area is 127 Å². The van der Waals surface area contributed by atoms with Crippen LogP contribution in [0.25, 0.3) is 11.4 Å². The van der Waals surface area contributed by atoms with E-state index in [2.05, 4.69) is 15.4 Å². The highest BCUT2D eigenvalue weighted by atomic mass is 16.2. The Morgan fingerprint density at radius 2 is 2.00 bits per heavy atom. The number of amides is 1. The first-order valence-corrected chi connectivity index (χ1v) is 7.16. The minimum absolute atomic E-state index is 0.139. The van der Waals surface area contributed by atoms with Gasteiger partial charge in [-0.05, 0) is 18.2 Å². The van der Waals surface area contributed by atoms with E-state index in [0.717, 1.165) is 13.1 Å². The molecule has 7 nitrogen and oxygen atoms in total. The molecule has 0 radical (unpaired) electrons. The van der Waals surface area contributed by atoms with E-state index < -0.39 is 0 Å². The third kappa shape index (κ3) is 2.75. The maximum absolute atomic E-state index is 12.6. The van der Waals surface area contributed by atoms with Crippen LogP contribution in [0.3, 0.4) is 0 Å². The van der Waals surface area contributed by atoms with E-state index in [-0.39, 0.29) is 17.0 Å². The van der Waals surface area contributed by atoms with Gasteiger partial charge in [0.1, 0.15) is 11.3 Å². The molecule has 1 fully saturated rings. The van der Waals surface area contributed by atoms with Crippen molar-refractivity contribution in [3.8, 4) is 11.4 Å². The first-order chi connectivity index (χ1) is 10.7. The van der Waals surface area contributed by atoms with Gasteiger partial charge in [-0.1, -0.05) is 6.07 Å². The molecule has 0 unspecified atom stereocenters. The van der Waals surface area contributed by atoms with E-state index in [0.29, 0.717) is 24.5 Å². The Kier molecular flexibility index (Phi) is 3.97. The van der Waals surface area contributed by atoms with Crippen molar-refractivity contribution in [2.24, 2.45) is 7.05 Å². The molecule has 1 aliphatic rings. The first-order valence-electron chi connectivity index (χ1n) is 7.16.